The van der Waals surface area contributed by atoms with E-state index in [9.17, 15) is 19.7 Å². The first-order valence-electron chi connectivity index (χ1n) is 9.49. The van der Waals surface area contributed by atoms with Crippen LogP contribution in [0.15, 0.2) is 54.6 Å². The lowest BCUT2D eigenvalue weighted by Gasteiger charge is -2.12. The van der Waals surface area contributed by atoms with Crippen molar-refractivity contribution in [2.45, 2.75) is 20.8 Å². The van der Waals surface area contributed by atoms with Crippen LogP contribution in [0.1, 0.15) is 27.3 Å². The van der Waals surface area contributed by atoms with E-state index in [0.717, 1.165) is 11.4 Å². The number of aromatic nitrogens is 1. The van der Waals surface area contributed by atoms with Gasteiger partial charge < -0.3 is 10.1 Å². The average molecular weight is 422 g/mol. The molecule has 2 aromatic carbocycles. The van der Waals surface area contributed by atoms with Gasteiger partial charge in [0.1, 0.15) is 5.75 Å². The number of carbonyl (C=O) groups excluding carboxylic acids is 2. The van der Waals surface area contributed by atoms with Gasteiger partial charge in [-0.15, -0.1) is 0 Å². The quantitative estimate of drug-likeness (QED) is 0.445. The van der Waals surface area contributed by atoms with Gasteiger partial charge in [-0.2, -0.15) is 0 Å². The number of nitrogens with one attached hydrogen (secondary N) is 2. The van der Waals surface area contributed by atoms with Gasteiger partial charge in [-0.3, -0.25) is 29.8 Å². The van der Waals surface area contributed by atoms with Gasteiger partial charge >= 0.3 is 0 Å². The second-order valence-electron chi connectivity index (χ2n) is 6.96. The third-order valence-electron chi connectivity index (χ3n) is 4.75. The predicted octanol–water partition coefficient (Wildman–Crippen LogP) is 3.72. The molecule has 0 spiro atoms. The molecule has 0 aliphatic rings. The lowest BCUT2D eigenvalue weighted by Crippen LogP contribution is -2.24. The van der Waals surface area contributed by atoms with E-state index < -0.39 is 10.8 Å². The summed E-state index contributed by atoms with van der Waals surface area (Å²) in [6.45, 7) is 5.07. The molecule has 9 heteroatoms. The molecular weight excluding hydrogens is 400 g/mol. The number of aryl methyl sites for hydroxylation is 2. The third kappa shape index (κ3) is 5.08. The van der Waals surface area contributed by atoms with Crippen LogP contribution < -0.4 is 15.5 Å². The Hall–Kier alpha value is -4.14. The lowest BCUT2D eigenvalue weighted by molar-refractivity contribution is -0.385. The van der Waals surface area contributed by atoms with E-state index in [1.807, 2.05) is 26.0 Å². The fourth-order valence-corrected chi connectivity index (χ4v) is 3.01. The maximum atomic E-state index is 12.4. The van der Waals surface area contributed by atoms with Crippen LogP contribution in [0.3, 0.4) is 0 Å². The first-order chi connectivity index (χ1) is 14.8. The van der Waals surface area contributed by atoms with Crippen LogP contribution in [-0.4, -0.2) is 28.0 Å². The summed E-state index contributed by atoms with van der Waals surface area (Å²) < 4.78 is 7.15. The van der Waals surface area contributed by atoms with Crippen molar-refractivity contribution in [3.05, 3.63) is 87.2 Å². The SMILES string of the molecule is Cc1c(NC(=O)COc2ccc(C(=O)Nn3c(C)ccc3C)cc2)cccc1[N+](=O)[O-]. The summed E-state index contributed by atoms with van der Waals surface area (Å²) in [4.78, 5) is 35.1. The molecule has 31 heavy (non-hydrogen) atoms. The Morgan fingerprint density at radius 1 is 1.00 bits per heavy atom. The van der Waals surface area contributed by atoms with E-state index in [1.54, 1.807) is 41.9 Å². The number of amides is 2. The van der Waals surface area contributed by atoms with E-state index in [0.29, 0.717) is 22.6 Å². The third-order valence-corrected chi connectivity index (χ3v) is 4.75. The summed E-state index contributed by atoms with van der Waals surface area (Å²) in [7, 11) is 0. The molecule has 0 unspecified atom stereocenters. The molecule has 2 N–H and O–H groups in total. The van der Waals surface area contributed by atoms with Gasteiger partial charge in [-0.1, -0.05) is 6.07 Å². The number of rotatable bonds is 7. The zero-order valence-electron chi connectivity index (χ0n) is 17.3. The Morgan fingerprint density at radius 3 is 2.26 bits per heavy atom. The van der Waals surface area contributed by atoms with Crippen molar-refractivity contribution in [3.63, 3.8) is 0 Å². The van der Waals surface area contributed by atoms with Crippen molar-refractivity contribution in [2.75, 3.05) is 17.3 Å². The molecule has 0 saturated heterocycles. The number of nitro groups is 1. The number of ether oxygens (including phenoxy) is 1. The van der Waals surface area contributed by atoms with E-state index in [-0.39, 0.29) is 18.2 Å². The smallest absolute Gasteiger partial charge is 0.274 e. The number of hydrogen-bond acceptors (Lipinski definition) is 5. The Labute approximate surface area is 178 Å². The first-order valence-corrected chi connectivity index (χ1v) is 9.49. The van der Waals surface area contributed by atoms with Gasteiger partial charge in [0.25, 0.3) is 17.5 Å². The maximum Gasteiger partial charge on any atom is 0.274 e. The first kappa shape index (κ1) is 21.6. The predicted molar refractivity (Wildman–Crippen MR) is 116 cm³/mol. The number of hydrogen-bond donors (Lipinski definition) is 2. The van der Waals surface area contributed by atoms with Crippen molar-refractivity contribution in [2.24, 2.45) is 0 Å². The molecule has 0 aliphatic carbocycles. The fraction of sp³-hybridized carbons (Fsp3) is 0.182. The van der Waals surface area contributed by atoms with Crippen molar-refractivity contribution in [1.82, 2.24) is 4.68 Å². The molecule has 160 valence electrons. The van der Waals surface area contributed by atoms with Gasteiger partial charge in [-0.25, -0.2) is 0 Å². The van der Waals surface area contributed by atoms with E-state index in [2.05, 4.69) is 10.7 Å². The average Bonchev–Trinajstić information content (AvgIpc) is 3.06. The minimum absolute atomic E-state index is 0.0714. The highest BCUT2D eigenvalue weighted by Crippen LogP contribution is 2.25. The van der Waals surface area contributed by atoms with Crippen molar-refractivity contribution < 1.29 is 19.2 Å². The number of benzene rings is 2. The Bertz CT molecular complexity index is 1120. The Balaban J connectivity index is 1.57. The second kappa shape index (κ2) is 9.12. The summed E-state index contributed by atoms with van der Waals surface area (Å²) in [6, 6.07) is 14.7. The monoisotopic (exact) mass is 422 g/mol. The Kier molecular flexibility index (Phi) is 6.35. The highest BCUT2D eigenvalue weighted by molar-refractivity contribution is 6.00. The Morgan fingerprint density at radius 2 is 1.65 bits per heavy atom. The van der Waals surface area contributed by atoms with Crippen LogP contribution in [0.4, 0.5) is 11.4 Å². The van der Waals surface area contributed by atoms with E-state index in [1.165, 1.54) is 12.1 Å². The molecule has 1 heterocycles. The second-order valence-corrected chi connectivity index (χ2v) is 6.96. The summed E-state index contributed by atoms with van der Waals surface area (Å²) in [6.07, 6.45) is 0. The molecule has 0 atom stereocenters. The van der Waals surface area contributed by atoms with Crippen molar-refractivity contribution in [3.8, 4) is 5.75 Å². The van der Waals surface area contributed by atoms with Gasteiger partial charge in [0.15, 0.2) is 6.61 Å². The molecule has 1 aromatic heterocycles. The normalized spacial score (nSPS) is 10.4. The molecule has 0 bridgehead atoms. The highest BCUT2D eigenvalue weighted by atomic mass is 16.6. The van der Waals surface area contributed by atoms with E-state index in [4.69, 9.17) is 4.74 Å². The van der Waals surface area contributed by atoms with Crippen LogP contribution >= 0.6 is 0 Å². The van der Waals surface area contributed by atoms with Crippen LogP contribution in [0, 0.1) is 30.9 Å². The molecule has 0 aliphatic heterocycles. The summed E-state index contributed by atoms with van der Waals surface area (Å²) in [5.74, 6) is -0.312. The molecule has 0 saturated carbocycles. The molecule has 0 radical (unpaired) electrons. The molecular formula is C22H22N4O5. The zero-order valence-corrected chi connectivity index (χ0v) is 17.3. The maximum absolute atomic E-state index is 12.4. The van der Waals surface area contributed by atoms with Gasteiger partial charge in [0, 0.05) is 23.0 Å². The lowest BCUT2D eigenvalue weighted by atomic mass is 10.1. The number of nitro benzene ring substituents is 1. The van der Waals surface area contributed by atoms with Crippen molar-refractivity contribution in [1.29, 1.82) is 0 Å². The fourth-order valence-electron chi connectivity index (χ4n) is 3.01. The van der Waals surface area contributed by atoms with Crippen LogP contribution in [0.5, 0.6) is 5.75 Å². The number of carbonyl (C=O) groups is 2. The van der Waals surface area contributed by atoms with Gasteiger partial charge in [0.2, 0.25) is 0 Å². The minimum Gasteiger partial charge on any atom is -0.484 e. The summed E-state index contributed by atoms with van der Waals surface area (Å²) in [5, 5.41) is 13.6. The van der Waals surface area contributed by atoms with E-state index >= 15 is 0 Å². The van der Waals surface area contributed by atoms with Gasteiger partial charge in [-0.05, 0) is 63.2 Å². The standard InChI is InChI=1S/C22H22N4O5/c1-14-7-8-15(2)25(14)24-22(28)17-9-11-18(12-10-17)31-13-21(27)23-19-5-4-6-20(16(19)3)26(29)30/h4-12H,13H2,1-3H3,(H,23,27)(H,24,28). The van der Waals surface area contributed by atoms with Gasteiger partial charge in [0.05, 0.1) is 16.2 Å². The molecule has 3 rings (SSSR count). The summed E-state index contributed by atoms with van der Waals surface area (Å²) >= 11 is 0. The molecule has 0 fully saturated rings. The van der Waals surface area contributed by atoms with Crippen molar-refractivity contribution >= 4 is 23.2 Å². The van der Waals surface area contributed by atoms with Crippen LogP contribution in [-0.2, 0) is 4.79 Å². The number of anilines is 1. The highest BCUT2D eigenvalue weighted by Gasteiger charge is 2.15. The molecule has 2 amide bonds. The molecule has 3 aromatic rings. The minimum atomic E-state index is -0.502. The van der Waals surface area contributed by atoms with Crippen LogP contribution in [0.25, 0.3) is 0 Å². The van der Waals surface area contributed by atoms with Crippen LogP contribution in [0.2, 0.25) is 0 Å². The largest absolute Gasteiger partial charge is 0.484 e. The molecule has 9 nitrogen and oxygen atoms in total. The number of nitrogens with zero attached hydrogens (tertiary/aromatic N) is 2. The topological polar surface area (TPSA) is 116 Å². The summed E-state index contributed by atoms with van der Waals surface area (Å²) in [5.41, 5.74) is 5.73. The zero-order chi connectivity index (χ0) is 22.5.